The van der Waals surface area contributed by atoms with Crippen molar-refractivity contribution in [2.45, 2.75) is 24.5 Å². The van der Waals surface area contributed by atoms with Crippen molar-refractivity contribution in [3.8, 4) is 0 Å². The number of benzene rings is 1. The molecule has 13 heteroatoms. The number of aromatic nitrogens is 2. The summed E-state index contributed by atoms with van der Waals surface area (Å²) in [4.78, 5) is 14.0. The number of aliphatic hydroxyl groups is 1. The Morgan fingerprint density at radius 2 is 1.81 bits per heavy atom. The van der Waals surface area contributed by atoms with E-state index in [2.05, 4.69) is 5.10 Å². The van der Waals surface area contributed by atoms with E-state index in [-0.39, 0.29) is 12.2 Å². The lowest BCUT2D eigenvalue weighted by Gasteiger charge is -2.22. The second-order valence-corrected chi connectivity index (χ2v) is 7.21. The van der Waals surface area contributed by atoms with E-state index in [1.165, 1.54) is 11.9 Å². The zero-order chi connectivity index (χ0) is 23.3. The quantitative estimate of drug-likeness (QED) is 0.700. The molecule has 31 heavy (non-hydrogen) atoms. The molecule has 1 unspecified atom stereocenters. The highest BCUT2D eigenvalue weighted by molar-refractivity contribution is 5.94. The topological polar surface area (TPSA) is 70.4 Å². The Kier molecular flexibility index (Phi) is 5.78. The molecule has 0 saturated carbocycles. The summed E-state index contributed by atoms with van der Waals surface area (Å²) in [6.45, 7) is -0.0805. The number of anilines is 1. The van der Waals surface area contributed by atoms with E-state index >= 15 is 0 Å². The summed E-state index contributed by atoms with van der Waals surface area (Å²) in [6.07, 6.45) is -11.3. The van der Waals surface area contributed by atoms with E-state index in [0.29, 0.717) is 10.7 Å². The van der Waals surface area contributed by atoms with Crippen LogP contribution in [0.25, 0.3) is 0 Å². The molecule has 2 N–H and O–H groups in total. The van der Waals surface area contributed by atoms with Gasteiger partial charge in [0.25, 0.3) is 0 Å². The highest BCUT2D eigenvalue weighted by atomic mass is 19.4. The summed E-state index contributed by atoms with van der Waals surface area (Å²) in [5.74, 6) is -5.22. The number of nitrogens with one attached hydrogen (secondary N) is 1. The number of carbonyl (C=O) groups is 1. The van der Waals surface area contributed by atoms with Gasteiger partial charge < -0.3 is 10.4 Å². The lowest BCUT2D eigenvalue weighted by atomic mass is 9.90. The van der Waals surface area contributed by atoms with E-state index in [1.807, 2.05) is 5.32 Å². The van der Waals surface area contributed by atoms with Crippen LogP contribution in [0.15, 0.2) is 24.3 Å². The first-order chi connectivity index (χ1) is 14.2. The van der Waals surface area contributed by atoms with Crippen molar-refractivity contribution < 1.29 is 40.6 Å². The third-order valence-corrected chi connectivity index (χ3v) is 5.12. The number of aryl methyl sites for hydroxylation is 1. The summed E-state index contributed by atoms with van der Waals surface area (Å²) in [7, 11) is 2.45. The van der Waals surface area contributed by atoms with Gasteiger partial charge in [-0.25, -0.2) is 4.39 Å². The minimum atomic E-state index is -5.11. The van der Waals surface area contributed by atoms with Crippen LogP contribution < -0.4 is 5.32 Å². The average molecular weight is 454 g/mol. The summed E-state index contributed by atoms with van der Waals surface area (Å²) in [5.41, 5.74) is -3.81. The maximum absolute atomic E-state index is 13.8. The molecule has 1 aliphatic rings. The van der Waals surface area contributed by atoms with Gasteiger partial charge in [-0.1, -0.05) is 6.07 Å². The molecule has 2 aromatic rings. The molecule has 170 valence electrons. The SMILES string of the molecule is CN1C[C@H](c2cc(C(F)(F)F)n(C)n2)[C@@H](C(=O)Nc2cccc(F)c2C(F)(F)F)C1O. The Labute approximate surface area is 171 Å². The highest BCUT2D eigenvalue weighted by Gasteiger charge is 2.47. The number of aliphatic hydroxyl groups excluding tert-OH is 1. The van der Waals surface area contributed by atoms with Gasteiger partial charge in [-0.15, -0.1) is 0 Å². The number of hydrogen-bond acceptors (Lipinski definition) is 4. The van der Waals surface area contributed by atoms with Crippen LogP contribution in [0.5, 0.6) is 0 Å². The second kappa shape index (κ2) is 7.79. The first-order valence-corrected chi connectivity index (χ1v) is 8.87. The minimum absolute atomic E-state index is 0.0805. The molecule has 0 bridgehead atoms. The molecule has 1 aliphatic heterocycles. The molecule has 0 radical (unpaired) electrons. The molecule has 2 heterocycles. The Morgan fingerprint density at radius 3 is 2.35 bits per heavy atom. The number of nitrogens with zero attached hydrogens (tertiary/aromatic N) is 3. The zero-order valence-electron chi connectivity index (χ0n) is 16.1. The molecular formula is C18H17F7N4O2. The van der Waals surface area contributed by atoms with Crippen LogP contribution >= 0.6 is 0 Å². The van der Waals surface area contributed by atoms with Crippen LogP contribution in [0.4, 0.5) is 36.4 Å². The first kappa shape index (κ1) is 23.0. The van der Waals surface area contributed by atoms with E-state index < -0.39 is 59.1 Å². The summed E-state index contributed by atoms with van der Waals surface area (Å²) in [5, 5.41) is 16.1. The monoisotopic (exact) mass is 454 g/mol. The largest absolute Gasteiger partial charge is 0.433 e. The molecule has 1 fully saturated rings. The van der Waals surface area contributed by atoms with Gasteiger partial charge in [-0.05, 0) is 25.2 Å². The van der Waals surface area contributed by atoms with Crippen LogP contribution in [-0.4, -0.2) is 45.5 Å². The van der Waals surface area contributed by atoms with E-state index in [9.17, 15) is 40.6 Å². The van der Waals surface area contributed by atoms with Crippen molar-refractivity contribution in [3.63, 3.8) is 0 Å². The predicted molar refractivity (Wildman–Crippen MR) is 93.1 cm³/mol. The molecule has 1 aromatic heterocycles. The van der Waals surface area contributed by atoms with Gasteiger partial charge in [-0.2, -0.15) is 31.4 Å². The molecule has 3 atom stereocenters. The smallest absolute Gasteiger partial charge is 0.378 e. The number of rotatable bonds is 3. The maximum Gasteiger partial charge on any atom is 0.433 e. The lowest BCUT2D eigenvalue weighted by Crippen LogP contribution is -2.37. The van der Waals surface area contributed by atoms with E-state index in [0.717, 1.165) is 25.2 Å². The van der Waals surface area contributed by atoms with Gasteiger partial charge in [0, 0.05) is 19.5 Å². The van der Waals surface area contributed by atoms with Crippen molar-refractivity contribution in [1.29, 1.82) is 0 Å². The van der Waals surface area contributed by atoms with Crippen LogP contribution in [0.3, 0.4) is 0 Å². The Hall–Kier alpha value is -2.67. The highest BCUT2D eigenvalue weighted by Crippen LogP contribution is 2.40. The number of amides is 1. The molecule has 0 spiro atoms. The fourth-order valence-corrected chi connectivity index (χ4v) is 3.68. The molecule has 1 saturated heterocycles. The van der Waals surface area contributed by atoms with Crippen molar-refractivity contribution >= 4 is 11.6 Å². The third-order valence-electron chi connectivity index (χ3n) is 5.12. The third kappa shape index (κ3) is 4.37. The predicted octanol–water partition coefficient (Wildman–Crippen LogP) is 3.20. The molecule has 1 aromatic carbocycles. The van der Waals surface area contributed by atoms with Crippen molar-refractivity contribution in [2.75, 3.05) is 18.9 Å². The number of likely N-dealkylation sites (N-methyl/N-ethyl adjacent to an activating group) is 1. The number of likely N-dealkylation sites (tertiary alicyclic amines) is 1. The molecule has 6 nitrogen and oxygen atoms in total. The summed E-state index contributed by atoms with van der Waals surface area (Å²) >= 11 is 0. The average Bonchev–Trinajstić information content (AvgIpc) is 3.14. The minimum Gasteiger partial charge on any atom is -0.378 e. The van der Waals surface area contributed by atoms with E-state index in [1.54, 1.807) is 0 Å². The van der Waals surface area contributed by atoms with Gasteiger partial charge in [-0.3, -0.25) is 14.4 Å². The van der Waals surface area contributed by atoms with Gasteiger partial charge in [0.15, 0.2) is 0 Å². The lowest BCUT2D eigenvalue weighted by molar-refractivity contribution is -0.143. The van der Waals surface area contributed by atoms with Gasteiger partial charge in [0.1, 0.15) is 23.3 Å². The normalized spacial score (nSPS) is 22.7. The van der Waals surface area contributed by atoms with Crippen LogP contribution in [-0.2, 0) is 24.2 Å². The molecule has 3 rings (SSSR count). The van der Waals surface area contributed by atoms with Crippen molar-refractivity contribution in [2.24, 2.45) is 13.0 Å². The standard InChI is InChI=1S/C18H17F7N4O2/c1-28-7-8(11-6-12(17(20,21)22)29(2)27-11)13(16(28)31)15(30)26-10-5-3-4-9(19)14(10)18(23,24)25/h3-6,8,13,16,31H,7H2,1-2H3,(H,26,30)/t8-,13+,16?/m1/s1. The Bertz CT molecular complexity index is 986. The fourth-order valence-electron chi connectivity index (χ4n) is 3.68. The van der Waals surface area contributed by atoms with Gasteiger partial charge in [0.2, 0.25) is 5.91 Å². The Balaban J connectivity index is 1.96. The van der Waals surface area contributed by atoms with Crippen LogP contribution in [0, 0.1) is 11.7 Å². The number of hydrogen-bond donors (Lipinski definition) is 2. The summed E-state index contributed by atoms with van der Waals surface area (Å²) < 4.78 is 93.3. The first-order valence-electron chi connectivity index (χ1n) is 8.87. The van der Waals surface area contributed by atoms with Crippen molar-refractivity contribution in [3.05, 3.63) is 47.0 Å². The molecule has 0 aliphatic carbocycles. The number of carbonyl (C=O) groups excluding carboxylic acids is 1. The second-order valence-electron chi connectivity index (χ2n) is 7.21. The molecule has 1 amide bonds. The zero-order valence-corrected chi connectivity index (χ0v) is 16.1. The Morgan fingerprint density at radius 1 is 1.16 bits per heavy atom. The van der Waals surface area contributed by atoms with Crippen LogP contribution in [0.1, 0.15) is 22.9 Å². The van der Waals surface area contributed by atoms with Crippen LogP contribution in [0.2, 0.25) is 0 Å². The molecular weight excluding hydrogens is 437 g/mol. The fraction of sp³-hybridized carbons (Fsp3) is 0.444. The summed E-state index contributed by atoms with van der Waals surface area (Å²) in [6, 6.07) is 3.10. The number of halogens is 7. The maximum atomic E-state index is 13.8. The van der Waals surface area contributed by atoms with Crippen molar-refractivity contribution in [1.82, 2.24) is 14.7 Å². The van der Waals surface area contributed by atoms with Gasteiger partial charge in [0.05, 0.1) is 17.3 Å². The number of alkyl halides is 6. The van der Waals surface area contributed by atoms with Gasteiger partial charge >= 0.3 is 12.4 Å². The van der Waals surface area contributed by atoms with E-state index in [4.69, 9.17) is 0 Å².